The lowest BCUT2D eigenvalue weighted by molar-refractivity contribution is -0.149. The molecular formula is C14H21N3O3S. The van der Waals surface area contributed by atoms with Crippen molar-refractivity contribution in [3.8, 4) is 0 Å². The van der Waals surface area contributed by atoms with E-state index in [1.54, 1.807) is 14.0 Å². The Morgan fingerprint density at radius 3 is 3.00 bits per heavy atom. The first-order valence-electron chi connectivity index (χ1n) is 7.01. The van der Waals surface area contributed by atoms with Crippen molar-refractivity contribution >= 4 is 17.7 Å². The average molecular weight is 311 g/mol. The number of hydrogen-bond donors (Lipinski definition) is 2. The van der Waals surface area contributed by atoms with Gasteiger partial charge < -0.3 is 15.0 Å². The Kier molecular flexibility index (Phi) is 5.05. The van der Waals surface area contributed by atoms with Gasteiger partial charge in [-0.2, -0.15) is 0 Å². The Hall–Kier alpha value is -1.34. The summed E-state index contributed by atoms with van der Waals surface area (Å²) in [6.45, 7) is 1.80. The van der Waals surface area contributed by atoms with Gasteiger partial charge in [0, 0.05) is 17.0 Å². The van der Waals surface area contributed by atoms with E-state index in [1.165, 1.54) is 24.9 Å². The van der Waals surface area contributed by atoms with Gasteiger partial charge in [-0.05, 0) is 39.7 Å². The molecule has 1 aliphatic rings. The number of methoxy groups -OCH3 is 1. The Labute approximate surface area is 128 Å². The number of H-pyrrole nitrogens is 1. The molecule has 2 N–H and O–H groups in total. The molecule has 0 aromatic carbocycles. The molecule has 116 valence electrons. The quantitative estimate of drug-likeness (QED) is 0.643. The molecule has 1 heterocycles. The van der Waals surface area contributed by atoms with Crippen LogP contribution in [0.3, 0.4) is 0 Å². The lowest BCUT2D eigenvalue weighted by Gasteiger charge is -2.37. The number of nitrogens with zero attached hydrogens (tertiary/aromatic N) is 1. The molecule has 0 saturated heterocycles. The molecule has 1 fully saturated rings. The highest BCUT2D eigenvalue weighted by Crippen LogP contribution is 2.37. The zero-order chi connectivity index (χ0) is 15.5. The molecule has 2 rings (SSSR count). The number of likely N-dealkylation sites (N-methyl/N-ethyl adjacent to an activating group) is 1. The molecule has 0 amide bonds. The standard InChI is InChI=1S/C14H21N3O3S/c1-9-7-11(18)17-13(16-9)21-10-5-4-6-14(8-10,15-2)12(19)20-3/h7,10,15H,4-6,8H2,1-3H3,(H,16,17,18). The fraction of sp³-hybridized carbons (Fsp3) is 0.643. The van der Waals surface area contributed by atoms with E-state index < -0.39 is 5.54 Å². The minimum absolute atomic E-state index is 0.145. The summed E-state index contributed by atoms with van der Waals surface area (Å²) in [6.07, 6.45) is 3.36. The van der Waals surface area contributed by atoms with Crippen LogP contribution in [0.1, 0.15) is 31.4 Å². The van der Waals surface area contributed by atoms with E-state index >= 15 is 0 Å². The normalized spacial score (nSPS) is 25.6. The van der Waals surface area contributed by atoms with Gasteiger partial charge in [-0.1, -0.05) is 11.8 Å². The highest BCUT2D eigenvalue weighted by molar-refractivity contribution is 7.99. The Bertz CT molecular complexity index is 575. The predicted molar refractivity (Wildman–Crippen MR) is 81.5 cm³/mol. The maximum absolute atomic E-state index is 12.1. The predicted octanol–water partition coefficient (Wildman–Crippen LogP) is 1.24. The second kappa shape index (κ2) is 6.62. The fourth-order valence-corrected chi connectivity index (χ4v) is 4.12. The van der Waals surface area contributed by atoms with Crippen molar-refractivity contribution in [2.45, 2.75) is 48.6 Å². The van der Waals surface area contributed by atoms with E-state index in [0.717, 1.165) is 19.3 Å². The number of aryl methyl sites for hydroxylation is 1. The third-order valence-electron chi connectivity index (χ3n) is 3.89. The molecule has 1 aliphatic carbocycles. The SMILES string of the molecule is CNC1(C(=O)OC)CCCC(Sc2nc(C)cc(=O)[nH]2)C1. The molecule has 0 bridgehead atoms. The van der Waals surface area contributed by atoms with Crippen molar-refractivity contribution in [3.05, 3.63) is 22.1 Å². The molecule has 21 heavy (non-hydrogen) atoms. The van der Waals surface area contributed by atoms with Crippen molar-refractivity contribution in [2.75, 3.05) is 14.2 Å². The maximum atomic E-state index is 12.1. The van der Waals surface area contributed by atoms with Gasteiger partial charge in [0.1, 0.15) is 5.54 Å². The van der Waals surface area contributed by atoms with Gasteiger partial charge in [0.05, 0.1) is 7.11 Å². The number of ether oxygens (including phenoxy) is 1. The summed E-state index contributed by atoms with van der Waals surface area (Å²) in [6, 6.07) is 1.47. The number of carbonyl (C=O) groups excluding carboxylic acids is 1. The minimum Gasteiger partial charge on any atom is -0.468 e. The van der Waals surface area contributed by atoms with Crippen LogP contribution >= 0.6 is 11.8 Å². The zero-order valence-electron chi connectivity index (χ0n) is 12.6. The molecule has 0 aliphatic heterocycles. The summed E-state index contributed by atoms with van der Waals surface area (Å²) in [5, 5.41) is 3.96. The van der Waals surface area contributed by atoms with Gasteiger partial charge in [0.2, 0.25) is 0 Å². The van der Waals surface area contributed by atoms with Crippen LogP contribution in [0.5, 0.6) is 0 Å². The van der Waals surface area contributed by atoms with Gasteiger partial charge in [-0.25, -0.2) is 4.98 Å². The number of nitrogens with one attached hydrogen (secondary N) is 2. The van der Waals surface area contributed by atoms with Crippen molar-refractivity contribution in [1.82, 2.24) is 15.3 Å². The lowest BCUT2D eigenvalue weighted by atomic mass is 9.81. The minimum atomic E-state index is -0.630. The number of esters is 1. The van der Waals surface area contributed by atoms with E-state index in [0.29, 0.717) is 17.3 Å². The van der Waals surface area contributed by atoms with Crippen LogP contribution in [-0.4, -0.2) is 40.9 Å². The summed E-state index contributed by atoms with van der Waals surface area (Å²) in [7, 11) is 3.20. The molecule has 7 heteroatoms. The Morgan fingerprint density at radius 2 is 2.38 bits per heavy atom. The smallest absolute Gasteiger partial charge is 0.326 e. The van der Waals surface area contributed by atoms with E-state index in [9.17, 15) is 9.59 Å². The number of carbonyl (C=O) groups is 1. The monoisotopic (exact) mass is 311 g/mol. The van der Waals surface area contributed by atoms with Gasteiger partial charge in [0.25, 0.3) is 5.56 Å². The summed E-state index contributed by atoms with van der Waals surface area (Å²) >= 11 is 1.52. The Balaban J connectivity index is 2.14. The highest BCUT2D eigenvalue weighted by Gasteiger charge is 2.43. The molecule has 1 aromatic heterocycles. The first kappa shape index (κ1) is 16.0. The van der Waals surface area contributed by atoms with Crippen molar-refractivity contribution in [2.24, 2.45) is 0 Å². The van der Waals surface area contributed by atoms with E-state index in [1.807, 2.05) is 0 Å². The molecule has 6 nitrogen and oxygen atoms in total. The highest BCUT2D eigenvalue weighted by atomic mass is 32.2. The van der Waals surface area contributed by atoms with E-state index in [4.69, 9.17) is 4.74 Å². The van der Waals surface area contributed by atoms with Crippen LogP contribution < -0.4 is 10.9 Å². The molecule has 1 saturated carbocycles. The molecule has 2 atom stereocenters. The third kappa shape index (κ3) is 3.65. The van der Waals surface area contributed by atoms with E-state index in [-0.39, 0.29) is 16.8 Å². The van der Waals surface area contributed by atoms with Gasteiger partial charge in [-0.15, -0.1) is 0 Å². The van der Waals surface area contributed by atoms with Gasteiger partial charge >= 0.3 is 5.97 Å². The summed E-state index contributed by atoms with van der Waals surface area (Å²) < 4.78 is 4.94. The van der Waals surface area contributed by atoms with Crippen molar-refractivity contribution < 1.29 is 9.53 Å². The maximum Gasteiger partial charge on any atom is 0.326 e. The van der Waals surface area contributed by atoms with Crippen LogP contribution in [0.4, 0.5) is 0 Å². The fourth-order valence-electron chi connectivity index (χ4n) is 2.80. The largest absolute Gasteiger partial charge is 0.468 e. The topological polar surface area (TPSA) is 84.1 Å². The second-order valence-corrected chi connectivity index (χ2v) is 6.64. The molecule has 1 aromatic rings. The average Bonchev–Trinajstić information content (AvgIpc) is 2.45. The third-order valence-corrected chi connectivity index (χ3v) is 5.04. The summed E-state index contributed by atoms with van der Waals surface area (Å²) in [4.78, 5) is 30.6. The lowest BCUT2D eigenvalue weighted by Crippen LogP contribution is -2.54. The van der Waals surface area contributed by atoms with Crippen molar-refractivity contribution in [3.63, 3.8) is 0 Å². The first-order valence-corrected chi connectivity index (χ1v) is 7.89. The second-order valence-electron chi connectivity index (χ2n) is 5.35. The van der Waals surface area contributed by atoms with E-state index in [2.05, 4.69) is 15.3 Å². The first-order chi connectivity index (χ1) is 9.99. The van der Waals surface area contributed by atoms with Crippen LogP contribution in [0.25, 0.3) is 0 Å². The number of rotatable bonds is 4. The van der Waals surface area contributed by atoms with Crippen LogP contribution in [0.15, 0.2) is 16.0 Å². The molecule has 2 unspecified atom stereocenters. The van der Waals surface area contributed by atoms with Gasteiger partial charge in [0.15, 0.2) is 5.16 Å². The number of aromatic nitrogens is 2. The van der Waals surface area contributed by atoms with Gasteiger partial charge in [-0.3, -0.25) is 9.59 Å². The summed E-state index contributed by atoms with van der Waals surface area (Å²) in [5.41, 5.74) is -0.0759. The van der Waals surface area contributed by atoms with Crippen LogP contribution in [0.2, 0.25) is 0 Å². The number of hydrogen-bond acceptors (Lipinski definition) is 6. The van der Waals surface area contributed by atoms with Crippen molar-refractivity contribution in [1.29, 1.82) is 0 Å². The number of aromatic amines is 1. The molecule has 0 radical (unpaired) electrons. The molecule has 0 spiro atoms. The molecular weight excluding hydrogens is 290 g/mol. The summed E-state index contributed by atoms with van der Waals surface area (Å²) in [5.74, 6) is -0.221. The zero-order valence-corrected chi connectivity index (χ0v) is 13.4. The van der Waals surface area contributed by atoms with Crippen LogP contribution in [-0.2, 0) is 9.53 Å². The van der Waals surface area contributed by atoms with Crippen LogP contribution in [0, 0.1) is 6.92 Å². The number of thioether (sulfide) groups is 1. The Morgan fingerprint density at radius 1 is 1.62 bits per heavy atom.